The molecule has 18 heavy (non-hydrogen) atoms. The van der Waals surface area contributed by atoms with Gasteiger partial charge in [0.05, 0.1) is 5.69 Å². The van der Waals surface area contributed by atoms with Crippen LogP contribution in [0.2, 0.25) is 0 Å². The topological polar surface area (TPSA) is 19.4 Å². The number of likely N-dealkylation sites (tertiary alicyclic amines) is 1. The minimum absolute atomic E-state index is 0.898. The Morgan fingerprint density at radius 3 is 2.22 bits per heavy atom. The minimum atomic E-state index is 0.898. The van der Waals surface area contributed by atoms with Crippen molar-refractivity contribution in [3.8, 4) is 0 Å². The van der Waals surface area contributed by atoms with Gasteiger partial charge < -0.3 is 4.90 Å². The van der Waals surface area contributed by atoms with Crippen molar-refractivity contribution in [2.24, 2.45) is 11.8 Å². The Kier molecular flexibility index (Phi) is 2.46. The Bertz CT molecular complexity index is 432. The van der Waals surface area contributed by atoms with Gasteiger partial charge in [-0.3, -0.25) is 4.90 Å². The third-order valence-electron chi connectivity index (χ3n) is 4.87. The molecule has 0 N–H and O–H groups in total. The van der Waals surface area contributed by atoms with Crippen molar-refractivity contribution in [2.45, 2.75) is 32.7 Å². The highest BCUT2D eigenvalue weighted by molar-refractivity contribution is 7.15. The fourth-order valence-electron chi connectivity index (χ4n) is 3.51. The van der Waals surface area contributed by atoms with Crippen LogP contribution in [0.15, 0.2) is 0 Å². The molecule has 0 bridgehead atoms. The van der Waals surface area contributed by atoms with Crippen LogP contribution in [0.25, 0.3) is 0 Å². The summed E-state index contributed by atoms with van der Waals surface area (Å²) in [6, 6.07) is 0.952. The van der Waals surface area contributed by atoms with Crippen LogP contribution in [0.3, 0.4) is 0 Å². The van der Waals surface area contributed by atoms with E-state index >= 15 is 0 Å². The van der Waals surface area contributed by atoms with Crippen LogP contribution >= 0.6 is 11.3 Å². The molecule has 2 aliphatic heterocycles. The lowest BCUT2D eigenvalue weighted by molar-refractivity contribution is 0.306. The van der Waals surface area contributed by atoms with Crippen LogP contribution in [0, 0.1) is 25.7 Å². The summed E-state index contributed by atoms with van der Waals surface area (Å²) in [5.74, 6) is 1.80. The standard InChI is InChI=1S/C14H21N3S/c1-9-10(2)18-14(15-9)17-7-11-5-16(13-3-4-13)6-12(11)8-17/h11-13H,3-8H2,1-2H3. The molecule has 98 valence electrons. The number of hydrogen-bond acceptors (Lipinski definition) is 4. The van der Waals surface area contributed by atoms with Gasteiger partial charge in [0.2, 0.25) is 0 Å². The molecule has 1 aromatic rings. The van der Waals surface area contributed by atoms with Crippen LogP contribution in [0.4, 0.5) is 5.13 Å². The van der Waals surface area contributed by atoms with Gasteiger partial charge in [0.1, 0.15) is 0 Å². The average Bonchev–Trinajstić information content (AvgIpc) is 2.86. The highest BCUT2D eigenvalue weighted by atomic mass is 32.1. The summed E-state index contributed by atoms with van der Waals surface area (Å²) in [4.78, 5) is 11.4. The highest BCUT2D eigenvalue weighted by Crippen LogP contribution is 2.40. The van der Waals surface area contributed by atoms with Crippen molar-refractivity contribution in [3.63, 3.8) is 0 Å². The van der Waals surface area contributed by atoms with Crippen LogP contribution in [0.5, 0.6) is 0 Å². The van der Waals surface area contributed by atoms with E-state index in [4.69, 9.17) is 4.98 Å². The highest BCUT2D eigenvalue weighted by Gasteiger charge is 2.44. The monoisotopic (exact) mass is 263 g/mol. The lowest BCUT2D eigenvalue weighted by Crippen LogP contribution is -2.30. The number of fused-ring (bicyclic) bond motifs is 1. The van der Waals surface area contributed by atoms with Gasteiger partial charge in [0.15, 0.2) is 5.13 Å². The van der Waals surface area contributed by atoms with Crippen molar-refractivity contribution in [3.05, 3.63) is 10.6 Å². The van der Waals surface area contributed by atoms with E-state index in [0.29, 0.717) is 0 Å². The number of rotatable bonds is 2. The van der Waals surface area contributed by atoms with Gasteiger partial charge in [0.25, 0.3) is 0 Å². The van der Waals surface area contributed by atoms with E-state index in [1.165, 1.54) is 54.7 Å². The zero-order valence-corrected chi connectivity index (χ0v) is 12.0. The van der Waals surface area contributed by atoms with Crippen LogP contribution in [-0.2, 0) is 0 Å². The average molecular weight is 263 g/mol. The fourth-order valence-corrected chi connectivity index (χ4v) is 4.44. The van der Waals surface area contributed by atoms with Crippen molar-refractivity contribution >= 4 is 16.5 Å². The van der Waals surface area contributed by atoms with Gasteiger partial charge in [0, 0.05) is 37.1 Å². The quantitative estimate of drug-likeness (QED) is 0.816. The van der Waals surface area contributed by atoms with Gasteiger partial charge in [-0.05, 0) is 38.5 Å². The van der Waals surface area contributed by atoms with Gasteiger partial charge in [-0.15, -0.1) is 11.3 Å². The van der Waals surface area contributed by atoms with E-state index in [1.54, 1.807) is 0 Å². The van der Waals surface area contributed by atoms with Crippen molar-refractivity contribution in [1.82, 2.24) is 9.88 Å². The van der Waals surface area contributed by atoms with E-state index < -0.39 is 0 Å². The Morgan fingerprint density at radius 2 is 1.72 bits per heavy atom. The summed E-state index contributed by atoms with van der Waals surface area (Å²) in [5, 5.41) is 1.26. The van der Waals surface area contributed by atoms with Crippen molar-refractivity contribution in [1.29, 1.82) is 0 Å². The van der Waals surface area contributed by atoms with E-state index in [0.717, 1.165) is 17.9 Å². The molecule has 2 unspecified atom stereocenters. The van der Waals surface area contributed by atoms with Gasteiger partial charge in [-0.2, -0.15) is 0 Å². The Hall–Kier alpha value is -0.610. The second-order valence-electron chi connectivity index (χ2n) is 6.25. The van der Waals surface area contributed by atoms with Crippen LogP contribution < -0.4 is 4.90 Å². The molecule has 1 saturated carbocycles. The molecule has 4 heteroatoms. The summed E-state index contributed by atoms with van der Waals surface area (Å²) in [6.45, 7) is 9.47. The second-order valence-corrected chi connectivity index (χ2v) is 7.43. The van der Waals surface area contributed by atoms with E-state index in [1.807, 2.05) is 11.3 Å². The van der Waals surface area contributed by atoms with Gasteiger partial charge >= 0.3 is 0 Å². The Balaban J connectivity index is 1.46. The number of aromatic nitrogens is 1. The maximum Gasteiger partial charge on any atom is 0.185 e. The molecular weight excluding hydrogens is 242 g/mol. The first-order chi connectivity index (χ1) is 8.70. The molecule has 2 atom stereocenters. The largest absolute Gasteiger partial charge is 0.347 e. The zero-order chi connectivity index (χ0) is 12.3. The first kappa shape index (κ1) is 11.2. The smallest absolute Gasteiger partial charge is 0.185 e. The molecule has 3 heterocycles. The van der Waals surface area contributed by atoms with Crippen LogP contribution in [-0.4, -0.2) is 42.1 Å². The summed E-state index contributed by atoms with van der Waals surface area (Å²) in [5.41, 5.74) is 1.21. The molecule has 4 rings (SSSR count). The molecule has 3 nitrogen and oxygen atoms in total. The predicted octanol–water partition coefficient (Wildman–Crippen LogP) is 2.29. The first-order valence-electron chi connectivity index (χ1n) is 7.14. The number of nitrogens with zero attached hydrogens (tertiary/aromatic N) is 3. The molecule has 1 aliphatic carbocycles. The first-order valence-corrected chi connectivity index (χ1v) is 7.95. The Labute approximate surface area is 113 Å². The maximum atomic E-state index is 4.72. The molecule has 0 amide bonds. The van der Waals surface area contributed by atoms with E-state index in [-0.39, 0.29) is 0 Å². The Morgan fingerprint density at radius 1 is 1.06 bits per heavy atom. The molecule has 2 saturated heterocycles. The zero-order valence-electron chi connectivity index (χ0n) is 11.2. The van der Waals surface area contributed by atoms with Gasteiger partial charge in [-0.25, -0.2) is 4.98 Å². The fraction of sp³-hybridized carbons (Fsp3) is 0.786. The molecule has 1 aromatic heterocycles. The summed E-state index contributed by atoms with van der Waals surface area (Å²) < 4.78 is 0. The molecule has 0 aromatic carbocycles. The normalized spacial score (nSPS) is 32.2. The number of anilines is 1. The lowest BCUT2D eigenvalue weighted by Gasteiger charge is -2.20. The van der Waals surface area contributed by atoms with E-state index in [2.05, 4.69) is 23.6 Å². The second kappa shape index (κ2) is 3.94. The summed E-state index contributed by atoms with van der Waals surface area (Å²) >= 11 is 1.87. The predicted molar refractivity (Wildman–Crippen MR) is 75.4 cm³/mol. The number of aryl methyl sites for hydroxylation is 2. The molecule has 3 fully saturated rings. The maximum absolute atomic E-state index is 4.72. The lowest BCUT2D eigenvalue weighted by atomic mass is 10.0. The number of thiazole rings is 1. The van der Waals surface area contributed by atoms with Crippen LogP contribution in [0.1, 0.15) is 23.4 Å². The van der Waals surface area contributed by atoms with Crippen molar-refractivity contribution < 1.29 is 0 Å². The third-order valence-corrected chi connectivity index (χ3v) is 6.00. The summed E-state index contributed by atoms with van der Waals surface area (Å²) in [7, 11) is 0. The molecule has 3 aliphatic rings. The summed E-state index contributed by atoms with van der Waals surface area (Å²) in [6.07, 6.45) is 2.90. The third kappa shape index (κ3) is 1.77. The SMILES string of the molecule is Cc1nc(N2CC3CN(C4CC4)CC3C2)sc1C. The van der Waals surface area contributed by atoms with E-state index in [9.17, 15) is 0 Å². The molecular formula is C14H21N3S. The molecule has 0 spiro atoms. The molecule has 0 radical (unpaired) electrons. The number of hydrogen-bond donors (Lipinski definition) is 0. The minimum Gasteiger partial charge on any atom is -0.347 e. The van der Waals surface area contributed by atoms with Crippen molar-refractivity contribution in [2.75, 3.05) is 31.1 Å². The van der Waals surface area contributed by atoms with Gasteiger partial charge in [-0.1, -0.05) is 0 Å².